The molecule has 4 rings (SSSR count). The van der Waals surface area contributed by atoms with E-state index in [2.05, 4.69) is 107 Å². The van der Waals surface area contributed by atoms with Gasteiger partial charge in [0.25, 0.3) is 0 Å². The maximum absolute atomic E-state index is 2.22. The molecule has 0 saturated carbocycles. The quantitative estimate of drug-likeness (QED) is 0.448. The van der Waals surface area contributed by atoms with Crippen LogP contribution in [0.2, 0.25) is 0 Å². The van der Waals surface area contributed by atoms with Crippen molar-refractivity contribution in [3.8, 4) is 11.4 Å². The number of pyridine rings is 2. The van der Waals surface area contributed by atoms with Crippen molar-refractivity contribution >= 4 is 11.8 Å². The van der Waals surface area contributed by atoms with Crippen molar-refractivity contribution < 1.29 is 9.13 Å². The summed E-state index contributed by atoms with van der Waals surface area (Å²) in [4.78, 5) is 0. The topological polar surface area (TPSA) is 7.76 Å². The lowest BCUT2D eigenvalue weighted by atomic mass is 10.2. The van der Waals surface area contributed by atoms with Crippen LogP contribution in [0.3, 0.4) is 0 Å². The smallest absolute Gasteiger partial charge is 0.167 e. The molecule has 0 unspecified atom stereocenters. The molecule has 0 amide bonds. The lowest BCUT2D eigenvalue weighted by Crippen LogP contribution is -2.30. The van der Waals surface area contributed by atoms with Crippen LogP contribution in [-0.2, 0) is 11.5 Å². The molecule has 0 aliphatic rings. The number of hydrogen-bond donors (Lipinski definition) is 0. The summed E-state index contributed by atoms with van der Waals surface area (Å²) in [6, 6.07) is 29.6. The number of thioether (sulfide) groups is 1. The highest BCUT2D eigenvalue weighted by Crippen LogP contribution is 2.22. The molecule has 0 radical (unpaired) electrons. The van der Waals surface area contributed by atoms with E-state index in [-0.39, 0.29) is 0 Å². The number of aromatic nitrogens is 2. The molecule has 0 aliphatic heterocycles. The number of nitrogens with zero attached hydrogens (tertiary/aromatic N) is 2. The van der Waals surface area contributed by atoms with Gasteiger partial charge in [-0.05, 0) is 0 Å². The van der Waals surface area contributed by atoms with E-state index in [0.29, 0.717) is 0 Å². The summed E-state index contributed by atoms with van der Waals surface area (Å²) in [5.74, 6) is 1.96. The molecule has 0 N–H and O–H groups in total. The molecule has 0 aliphatic carbocycles. The number of hydrogen-bond acceptors (Lipinski definition) is 1. The van der Waals surface area contributed by atoms with Gasteiger partial charge in [0.05, 0.1) is 0 Å². The van der Waals surface area contributed by atoms with E-state index >= 15 is 0 Å². The van der Waals surface area contributed by atoms with E-state index in [0.717, 1.165) is 11.5 Å². The minimum Gasteiger partial charge on any atom is -0.167 e. The summed E-state index contributed by atoms with van der Waals surface area (Å²) < 4.78 is 4.37. The molecule has 2 nitrogen and oxygen atoms in total. The van der Waals surface area contributed by atoms with Gasteiger partial charge in [-0.25, -0.2) is 0 Å². The zero-order chi connectivity index (χ0) is 18.3. The summed E-state index contributed by atoms with van der Waals surface area (Å²) in [5.41, 5.74) is 5.19. The normalized spacial score (nSPS) is 10.7. The molecule has 0 fully saturated rings. The van der Waals surface area contributed by atoms with Crippen LogP contribution in [0.5, 0.6) is 0 Å². The molecular weight excluding hydrogens is 348 g/mol. The first-order valence-corrected chi connectivity index (χ1v) is 10.2. The Morgan fingerprint density at radius 3 is 1.33 bits per heavy atom. The summed E-state index contributed by atoms with van der Waals surface area (Å²) >= 11 is 1.95. The van der Waals surface area contributed by atoms with E-state index in [1.807, 2.05) is 23.9 Å². The van der Waals surface area contributed by atoms with Crippen molar-refractivity contribution in [1.82, 2.24) is 0 Å². The number of rotatable bonds is 6. The van der Waals surface area contributed by atoms with Gasteiger partial charge in [-0.2, -0.15) is 20.9 Å². The second kappa shape index (κ2) is 8.65. The second-order valence-electron chi connectivity index (χ2n) is 6.32. The molecule has 2 heterocycles. The molecule has 27 heavy (non-hydrogen) atoms. The van der Waals surface area contributed by atoms with Crippen molar-refractivity contribution in [3.63, 3.8) is 0 Å². The van der Waals surface area contributed by atoms with Crippen molar-refractivity contribution in [3.05, 3.63) is 121 Å². The fraction of sp³-hybridized carbons (Fsp3) is 0.0833. The molecule has 0 saturated heterocycles. The molecule has 2 aromatic carbocycles. The molecular formula is C24H22N2S+2. The van der Waals surface area contributed by atoms with E-state index in [1.54, 1.807) is 0 Å². The SMILES string of the molecule is c1cc[n+](-c2ccccc2CSCc2ccccc2-[n+]2ccccc2)cc1. The van der Waals surface area contributed by atoms with E-state index < -0.39 is 0 Å². The lowest BCUT2D eigenvalue weighted by Gasteiger charge is -2.07. The monoisotopic (exact) mass is 370 g/mol. The van der Waals surface area contributed by atoms with E-state index in [4.69, 9.17) is 0 Å². The van der Waals surface area contributed by atoms with Crippen molar-refractivity contribution in [1.29, 1.82) is 0 Å². The predicted molar refractivity (Wildman–Crippen MR) is 111 cm³/mol. The molecule has 0 atom stereocenters. The highest BCUT2D eigenvalue weighted by Gasteiger charge is 2.14. The van der Waals surface area contributed by atoms with E-state index in [1.165, 1.54) is 22.5 Å². The maximum atomic E-state index is 2.22. The fourth-order valence-corrected chi connectivity index (χ4v) is 4.19. The summed E-state index contributed by atoms with van der Waals surface area (Å²) in [6.07, 6.45) is 8.41. The summed E-state index contributed by atoms with van der Waals surface area (Å²) in [5, 5.41) is 0. The third kappa shape index (κ3) is 4.26. The van der Waals surface area contributed by atoms with E-state index in [9.17, 15) is 0 Å². The first kappa shape index (κ1) is 17.5. The molecule has 3 heteroatoms. The van der Waals surface area contributed by atoms with Gasteiger partial charge >= 0.3 is 0 Å². The molecule has 0 spiro atoms. The van der Waals surface area contributed by atoms with Gasteiger partial charge in [0.1, 0.15) is 0 Å². The Hall–Kier alpha value is -2.91. The van der Waals surface area contributed by atoms with Gasteiger partial charge in [0, 0.05) is 59.0 Å². The van der Waals surface area contributed by atoms with Crippen molar-refractivity contribution in [2.45, 2.75) is 11.5 Å². The standard InChI is InChI=1S/C24H22N2S/c1-7-15-25(16-8-1)23-13-5-3-11-21(23)19-27-20-22-12-4-6-14-24(22)26-17-9-2-10-18-26/h1-18H,19-20H2/q+2. The van der Waals surface area contributed by atoms with Gasteiger partial charge in [0.2, 0.25) is 11.4 Å². The predicted octanol–water partition coefficient (Wildman–Crippen LogP) is 4.67. The third-order valence-corrected chi connectivity index (χ3v) is 5.52. The Balaban J connectivity index is 1.51. The summed E-state index contributed by atoms with van der Waals surface area (Å²) in [6.45, 7) is 0. The largest absolute Gasteiger partial charge is 0.214 e. The van der Waals surface area contributed by atoms with Gasteiger partial charge in [0.15, 0.2) is 24.8 Å². The minimum atomic E-state index is 0.978. The third-order valence-electron chi connectivity index (χ3n) is 4.49. The zero-order valence-electron chi connectivity index (χ0n) is 15.1. The Morgan fingerprint density at radius 1 is 0.481 bits per heavy atom. The average Bonchev–Trinajstić information content (AvgIpc) is 2.76. The zero-order valence-corrected chi connectivity index (χ0v) is 15.9. The second-order valence-corrected chi connectivity index (χ2v) is 7.30. The van der Waals surface area contributed by atoms with Gasteiger partial charge in [-0.1, -0.05) is 48.5 Å². The Bertz CT molecular complexity index is 918. The Kier molecular flexibility index (Phi) is 5.61. The lowest BCUT2D eigenvalue weighted by molar-refractivity contribution is -0.596. The van der Waals surface area contributed by atoms with Crippen LogP contribution in [0.1, 0.15) is 11.1 Å². The van der Waals surface area contributed by atoms with Crippen LogP contribution in [-0.4, -0.2) is 0 Å². The fourth-order valence-electron chi connectivity index (χ4n) is 3.16. The minimum absolute atomic E-state index is 0.978. The van der Waals surface area contributed by atoms with Crippen LogP contribution in [0.15, 0.2) is 110 Å². The first-order valence-electron chi connectivity index (χ1n) is 9.09. The van der Waals surface area contributed by atoms with Crippen LogP contribution in [0.25, 0.3) is 11.4 Å². The van der Waals surface area contributed by atoms with Crippen LogP contribution in [0.4, 0.5) is 0 Å². The first-order chi connectivity index (χ1) is 13.4. The van der Waals surface area contributed by atoms with Crippen LogP contribution >= 0.6 is 11.8 Å². The van der Waals surface area contributed by atoms with Crippen molar-refractivity contribution in [2.75, 3.05) is 0 Å². The molecule has 132 valence electrons. The van der Waals surface area contributed by atoms with Crippen LogP contribution in [0, 0.1) is 0 Å². The highest BCUT2D eigenvalue weighted by molar-refractivity contribution is 7.97. The Morgan fingerprint density at radius 2 is 0.889 bits per heavy atom. The average molecular weight is 371 g/mol. The molecule has 0 bridgehead atoms. The number of benzene rings is 2. The van der Waals surface area contributed by atoms with Gasteiger partial charge in [-0.15, -0.1) is 0 Å². The Labute approximate surface area is 164 Å². The highest BCUT2D eigenvalue weighted by atomic mass is 32.2. The van der Waals surface area contributed by atoms with Gasteiger partial charge < -0.3 is 0 Å². The van der Waals surface area contributed by atoms with Gasteiger partial charge in [-0.3, -0.25) is 0 Å². The summed E-state index contributed by atoms with van der Waals surface area (Å²) in [7, 11) is 0. The van der Waals surface area contributed by atoms with Crippen LogP contribution < -0.4 is 9.13 Å². The number of para-hydroxylation sites is 2. The van der Waals surface area contributed by atoms with Crippen molar-refractivity contribution in [2.24, 2.45) is 0 Å². The maximum Gasteiger partial charge on any atom is 0.214 e. The molecule has 4 aromatic rings. The molecule has 2 aromatic heterocycles.